The molecular formula is C16H21N2O3. The van der Waals surface area contributed by atoms with Crippen molar-refractivity contribution in [3.8, 4) is 5.75 Å². The van der Waals surface area contributed by atoms with Crippen LogP contribution in [-0.2, 0) is 0 Å². The monoisotopic (exact) mass is 289 g/mol. The van der Waals surface area contributed by atoms with Crippen LogP contribution in [0.2, 0.25) is 0 Å². The topological polar surface area (TPSA) is 85.3 Å². The minimum absolute atomic E-state index is 0.00190. The summed E-state index contributed by atoms with van der Waals surface area (Å²) in [7, 11) is 0. The number of aromatic amines is 1. The fraction of sp³-hybridized carbons (Fsp3) is 0.375. The first-order valence-electron chi connectivity index (χ1n) is 7.16. The van der Waals surface area contributed by atoms with Crippen molar-refractivity contribution >= 4 is 10.9 Å². The number of phenols is 1. The number of fused-ring (bicyclic) bond motifs is 1. The number of benzene rings is 1. The Labute approximate surface area is 123 Å². The highest BCUT2D eigenvalue weighted by Gasteiger charge is 2.13. The number of aromatic nitrogens is 1. The molecule has 0 spiro atoms. The Bertz CT molecular complexity index is 652. The second-order valence-corrected chi connectivity index (χ2v) is 5.07. The van der Waals surface area contributed by atoms with Crippen molar-refractivity contribution < 1.29 is 10.2 Å². The van der Waals surface area contributed by atoms with Gasteiger partial charge in [-0.25, -0.2) is 0 Å². The predicted molar refractivity (Wildman–Crippen MR) is 83.3 cm³/mol. The summed E-state index contributed by atoms with van der Waals surface area (Å²) in [4.78, 5) is 13.9. The molecule has 1 atom stereocenters. The molecule has 0 saturated carbocycles. The van der Waals surface area contributed by atoms with Crippen LogP contribution < -0.4 is 10.9 Å². The molecule has 0 saturated heterocycles. The van der Waals surface area contributed by atoms with Gasteiger partial charge in [-0.3, -0.25) is 4.79 Å². The predicted octanol–water partition coefficient (Wildman–Crippen LogP) is 1.86. The quantitative estimate of drug-likeness (QED) is 0.586. The second kappa shape index (κ2) is 7.24. The molecule has 0 aliphatic rings. The highest BCUT2D eigenvalue weighted by Crippen LogP contribution is 2.28. The molecule has 0 amide bonds. The third-order valence-corrected chi connectivity index (χ3v) is 3.46. The van der Waals surface area contributed by atoms with E-state index in [1.807, 2.05) is 0 Å². The summed E-state index contributed by atoms with van der Waals surface area (Å²) in [5, 5.41) is 23.9. The minimum Gasteiger partial charge on any atom is -0.506 e. The van der Waals surface area contributed by atoms with Crippen molar-refractivity contribution in [1.29, 1.82) is 0 Å². The SMILES string of the molecule is [CH2]CCCCNC[C@H](O)c1ccc(O)c2[nH]c(=O)ccc12. The van der Waals surface area contributed by atoms with Gasteiger partial charge in [0.15, 0.2) is 0 Å². The molecule has 2 rings (SSSR count). The van der Waals surface area contributed by atoms with Crippen LogP contribution in [0.5, 0.6) is 5.75 Å². The highest BCUT2D eigenvalue weighted by atomic mass is 16.3. The molecule has 0 aliphatic carbocycles. The molecule has 1 radical (unpaired) electrons. The standard InChI is InChI=1S/C16H21N2O3/c1-2-3-4-9-17-10-14(20)11-5-7-13(19)16-12(11)6-8-15(21)18-16/h5-8,14,17,19-20H,1-4,9-10H2,(H,18,21)/t14-/m0/s1. The van der Waals surface area contributed by atoms with Crippen LogP contribution in [0.4, 0.5) is 0 Å². The van der Waals surface area contributed by atoms with E-state index in [2.05, 4.69) is 17.2 Å². The van der Waals surface area contributed by atoms with E-state index < -0.39 is 6.10 Å². The van der Waals surface area contributed by atoms with Gasteiger partial charge in [0.2, 0.25) is 5.56 Å². The average Bonchev–Trinajstić information content (AvgIpc) is 2.48. The molecule has 0 bridgehead atoms. The van der Waals surface area contributed by atoms with Crippen LogP contribution in [0.15, 0.2) is 29.1 Å². The third kappa shape index (κ3) is 3.83. The van der Waals surface area contributed by atoms with E-state index >= 15 is 0 Å². The Hall–Kier alpha value is -1.85. The summed E-state index contributed by atoms with van der Waals surface area (Å²) in [6, 6.07) is 6.17. The van der Waals surface area contributed by atoms with Crippen molar-refractivity contribution in [1.82, 2.24) is 10.3 Å². The maximum Gasteiger partial charge on any atom is 0.248 e. The van der Waals surface area contributed by atoms with Gasteiger partial charge in [-0.05, 0) is 30.7 Å². The first kappa shape index (κ1) is 15.5. The molecule has 1 aromatic heterocycles. The fourth-order valence-electron chi connectivity index (χ4n) is 2.33. The van der Waals surface area contributed by atoms with Gasteiger partial charge in [0.05, 0.1) is 11.6 Å². The number of H-pyrrole nitrogens is 1. The molecular weight excluding hydrogens is 268 g/mol. The third-order valence-electron chi connectivity index (χ3n) is 3.46. The van der Waals surface area contributed by atoms with Crippen molar-refractivity contribution in [2.45, 2.75) is 25.4 Å². The number of rotatable bonds is 7. The molecule has 21 heavy (non-hydrogen) atoms. The summed E-state index contributed by atoms with van der Waals surface area (Å²) in [6.45, 7) is 5.05. The lowest BCUT2D eigenvalue weighted by Gasteiger charge is -2.15. The summed E-state index contributed by atoms with van der Waals surface area (Å²) >= 11 is 0. The van der Waals surface area contributed by atoms with Gasteiger partial charge in [0, 0.05) is 18.0 Å². The zero-order chi connectivity index (χ0) is 15.2. The molecule has 0 unspecified atom stereocenters. The van der Waals surface area contributed by atoms with Crippen LogP contribution in [-0.4, -0.2) is 28.3 Å². The second-order valence-electron chi connectivity index (χ2n) is 5.07. The molecule has 2 aromatic rings. The van der Waals surface area contributed by atoms with Crippen molar-refractivity contribution in [2.75, 3.05) is 13.1 Å². The van der Waals surface area contributed by atoms with Gasteiger partial charge in [0.1, 0.15) is 5.75 Å². The van der Waals surface area contributed by atoms with Gasteiger partial charge in [0.25, 0.3) is 0 Å². The highest BCUT2D eigenvalue weighted by molar-refractivity contribution is 5.87. The summed E-state index contributed by atoms with van der Waals surface area (Å²) in [5.74, 6) is 0.00190. The number of nitrogens with one attached hydrogen (secondary N) is 2. The van der Waals surface area contributed by atoms with Crippen LogP contribution in [0.3, 0.4) is 0 Å². The number of unbranched alkanes of at least 4 members (excludes halogenated alkanes) is 2. The normalized spacial score (nSPS) is 12.7. The number of hydrogen-bond acceptors (Lipinski definition) is 4. The van der Waals surface area contributed by atoms with Crippen LogP contribution >= 0.6 is 0 Å². The Morgan fingerprint density at radius 2 is 2.05 bits per heavy atom. The Morgan fingerprint density at radius 3 is 2.81 bits per heavy atom. The largest absolute Gasteiger partial charge is 0.506 e. The van der Waals surface area contributed by atoms with E-state index in [4.69, 9.17) is 0 Å². The lowest BCUT2D eigenvalue weighted by Crippen LogP contribution is -2.22. The minimum atomic E-state index is -0.696. The van der Waals surface area contributed by atoms with E-state index in [-0.39, 0.29) is 11.3 Å². The van der Waals surface area contributed by atoms with Crippen molar-refractivity contribution in [3.05, 3.63) is 47.1 Å². The van der Waals surface area contributed by atoms with Gasteiger partial charge in [-0.1, -0.05) is 25.8 Å². The lowest BCUT2D eigenvalue weighted by atomic mass is 10.0. The van der Waals surface area contributed by atoms with Crippen LogP contribution in [0.25, 0.3) is 10.9 Å². The molecule has 113 valence electrons. The number of aromatic hydroxyl groups is 1. The maximum atomic E-state index is 11.3. The number of pyridine rings is 1. The average molecular weight is 289 g/mol. The van der Waals surface area contributed by atoms with Crippen LogP contribution in [0, 0.1) is 6.92 Å². The molecule has 0 aliphatic heterocycles. The molecule has 0 fully saturated rings. The Morgan fingerprint density at radius 1 is 1.24 bits per heavy atom. The smallest absolute Gasteiger partial charge is 0.248 e. The summed E-state index contributed by atoms with van der Waals surface area (Å²) in [6.07, 6.45) is 2.31. The zero-order valence-corrected chi connectivity index (χ0v) is 11.9. The summed E-state index contributed by atoms with van der Waals surface area (Å²) < 4.78 is 0. The van der Waals surface area contributed by atoms with E-state index in [1.54, 1.807) is 12.1 Å². The number of aliphatic hydroxyl groups is 1. The van der Waals surface area contributed by atoms with E-state index in [0.29, 0.717) is 23.0 Å². The zero-order valence-electron chi connectivity index (χ0n) is 11.9. The van der Waals surface area contributed by atoms with E-state index in [0.717, 1.165) is 25.8 Å². The van der Waals surface area contributed by atoms with E-state index in [9.17, 15) is 15.0 Å². The Balaban J connectivity index is 2.14. The maximum absolute atomic E-state index is 11.3. The molecule has 1 heterocycles. The Kier molecular flexibility index (Phi) is 5.36. The van der Waals surface area contributed by atoms with Crippen molar-refractivity contribution in [3.63, 3.8) is 0 Å². The van der Waals surface area contributed by atoms with Gasteiger partial charge in [-0.15, -0.1) is 0 Å². The molecule has 1 aromatic carbocycles. The summed E-state index contributed by atoms with van der Waals surface area (Å²) in [5.41, 5.74) is 0.760. The fourth-order valence-corrected chi connectivity index (χ4v) is 2.33. The molecule has 5 nitrogen and oxygen atoms in total. The molecule has 5 heteroatoms. The molecule has 4 N–H and O–H groups in total. The first-order chi connectivity index (χ1) is 10.1. The number of phenolic OH excluding ortho intramolecular Hbond substituents is 1. The number of aliphatic hydroxyl groups excluding tert-OH is 1. The van der Waals surface area contributed by atoms with Gasteiger partial charge in [-0.2, -0.15) is 0 Å². The van der Waals surface area contributed by atoms with E-state index in [1.165, 1.54) is 12.1 Å². The van der Waals surface area contributed by atoms with Crippen molar-refractivity contribution in [2.24, 2.45) is 0 Å². The van der Waals surface area contributed by atoms with Gasteiger partial charge >= 0.3 is 0 Å². The van der Waals surface area contributed by atoms with Gasteiger partial charge < -0.3 is 20.5 Å². The van der Waals surface area contributed by atoms with Crippen LogP contribution in [0.1, 0.15) is 30.9 Å². The first-order valence-corrected chi connectivity index (χ1v) is 7.16. The number of hydrogen-bond donors (Lipinski definition) is 4. The lowest BCUT2D eigenvalue weighted by molar-refractivity contribution is 0.176.